The highest BCUT2D eigenvalue weighted by molar-refractivity contribution is 5.96. The zero-order chi connectivity index (χ0) is 36.2. The maximum absolute atomic E-state index is 14.4. The number of amides is 2. The normalized spacial score (nSPS) is 16.9. The van der Waals surface area contributed by atoms with Crippen molar-refractivity contribution in [3.05, 3.63) is 68.8 Å². The van der Waals surface area contributed by atoms with E-state index in [0.29, 0.717) is 37.5 Å². The molecular formula is C33H35F4N9O5. The first kappa shape index (κ1) is 34.2. The maximum Gasteiger partial charge on any atom is 0.419 e. The molecule has 14 nitrogen and oxygen atoms in total. The number of halogens is 4. The summed E-state index contributed by atoms with van der Waals surface area (Å²) in [6.45, 7) is 4.43. The van der Waals surface area contributed by atoms with Gasteiger partial charge in [-0.25, -0.2) is 9.07 Å². The number of hydrogen-bond donors (Lipinski definition) is 2. The number of anilines is 2. The van der Waals surface area contributed by atoms with Gasteiger partial charge in [-0.2, -0.15) is 27.8 Å². The summed E-state index contributed by atoms with van der Waals surface area (Å²) in [5.74, 6) is -2.40. The van der Waals surface area contributed by atoms with Crippen molar-refractivity contribution in [3.8, 4) is 5.88 Å². The molecular weight excluding hydrogens is 678 g/mol. The van der Waals surface area contributed by atoms with Crippen LogP contribution in [0.25, 0.3) is 11.4 Å². The molecule has 5 heterocycles. The van der Waals surface area contributed by atoms with E-state index in [1.807, 2.05) is 11.0 Å². The summed E-state index contributed by atoms with van der Waals surface area (Å²) in [5, 5.41) is 21.8. The molecule has 2 amide bonds. The van der Waals surface area contributed by atoms with Gasteiger partial charge in [0, 0.05) is 31.9 Å². The number of benzene rings is 1. The number of rotatable bonds is 8. The first-order chi connectivity index (χ1) is 24.3. The molecule has 2 fully saturated rings. The fourth-order valence-electron chi connectivity index (χ4n) is 6.56. The fraction of sp³-hybridized carbons (Fsp3) is 0.455. The van der Waals surface area contributed by atoms with Crippen molar-refractivity contribution in [3.63, 3.8) is 0 Å². The van der Waals surface area contributed by atoms with Crippen LogP contribution in [0, 0.1) is 12.7 Å². The Labute approximate surface area is 287 Å². The molecule has 1 aromatic carbocycles. The Bertz CT molecular complexity index is 2120. The number of nitrogens with one attached hydrogen (secondary N) is 1. The number of alkyl halides is 3. The van der Waals surface area contributed by atoms with Gasteiger partial charge in [-0.1, -0.05) is 13.0 Å². The Hall–Kier alpha value is -5.26. The second-order valence-electron chi connectivity index (χ2n) is 12.8. The number of aromatic nitrogens is 6. The van der Waals surface area contributed by atoms with Crippen molar-refractivity contribution in [2.75, 3.05) is 49.6 Å². The number of nitrogens with zero attached hydrogens (tertiary/aromatic N) is 8. The molecule has 2 aliphatic heterocycles. The molecule has 0 atom stereocenters. The van der Waals surface area contributed by atoms with Crippen LogP contribution in [0.5, 0.6) is 5.88 Å². The average Bonchev–Trinajstić information content (AvgIpc) is 3.72. The minimum atomic E-state index is -4.91. The molecule has 0 spiro atoms. The third-order valence-corrected chi connectivity index (χ3v) is 9.38. The Kier molecular flexibility index (Phi) is 8.81. The summed E-state index contributed by atoms with van der Waals surface area (Å²) in [6, 6.07) is 1.36. The number of carbonyl (C=O) groups excluding carboxylic acids is 2. The van der Waals surface area contributed by atoms with Gasteiger partial charge in [0.2, 0.25) is 17.6 Å². The van der Waals surface area contributed by atoms with Crippen molar-refractivity contribution in [2.45, 2.75) is 58.3 Å². The van der Waals surface area contributed by atoms with Crippen molar-refractivity contribution in [2.24, 2.45) is 0 Å². The number of aryl methyl sites for hydroxylation is 1. The van der Waals surface area contributed by atoms with Crippen molar-refractivity contribution in [1.82, 2.24) is 33.8 Å². The third kappa shape index (κ3) is 6.43. The lowest BCUT2D eigenvalue weighted by Gasteiger charge is -2.36. The van der Waals surface area contributed by atoms with Crippen LogP contribution in [0.1, 0.15) is 65.2 Å². The van der Waals surface area contributed by atoms with Crippen LogP contribution < -0.4 is 15.8 Å². The van der Waals surface area contributed by atoms with Crippen LogP contribution >= 0.6 is 0 Å². The lowest BCUT2D eigenvalue weighted by molar-refractivity contribution is -0.140. The molecule has 0 unspecified atom stereocenters. The monoisotopic (exact) mass is 713 g/mol. The Morgan fingerprint density at radius 2 is 1.88 bits per heavy atom. The van der Waals surface area contributed by atoms with E-state index in [0.717, 1.165) is 22.9 Å². The van der Waals surface area contributed by atoms with E-state index >= 15 is 0 Å². The van der Waals surface area contributed by atoms with Crippen molar-refractivity contribution in [1.29, 1.82) is 0 Å². The van der Waals surface area contributed by atoms with E-state index in [2.05, 4.69) is 20.5 Å². The highest BCUT2D eigenvalue weighted by atomic mass is 19.4. The summed E-state index contributed by atoms with van der Waals surface area (Å²) in [6.07, 6.45) is 0.820. The Morgan fingerprint density at radius 1 is 1.14 bits per heavy atom. The van der Waals surface area contributed by atoms with Gasteiger partial charge in [-0.05, 0) is 55.9 Å². The second-order valence-corrected chi connectivity index (χ2v) is 12.8. The van der Waals surface area contributed by atoms with E-state index in [4.69, 9.17) is 4.74 Å². The molecule has 0 bridgehead atoms. The summed E-state index contributed by atoms with van der Waals surface area (Å²) < 4.78 is 63.8. The quantitative estimate of drug-likeness (QED) is 0.261. The van der Waals surface area contributed by atoms with Gasteiger partial charge in [0.1, 0.15) is 23.6 Å². The molecule has 0 radical (unpaired) electrons. The van der Waals surface area contributed by atoms with Crippen LogP contribution in [0.2, 0.25) is 0 Å². The number of fused-ring (bicyclic) bond motifs is 1. The van der Waals surface area contributed by atoms with E-state index in [1.54, 1.807) is 11.8 Å². The van der Waals surface area contributed by atoms with Gasteiger partial charge in [-0.15, -0.1) is 5.10 Å². The molecule has 2 N–H and O–H groups in total. The first-order valence-electron chi connectivity index (χ1n) is 16.6. The van der Waals surface area contributed by atoms with E-state index < -0.39 is 35.6 Å². The number of hydrogen-bond acceptors (Lipinski definition) is 9. The van der Waals surface area contributed by atoms with Gasteiger partial charge in [-0.3, -0.25) is 14.4 Å². The summed E-state index contributed by atoms with van der Waals surface area (Å²) >= 11 is 0. The average molecular weight is 714 g/mol. The molecule has 1 saturated heterocycles. The number of ether oxygens (including phenoxy) is 1. The van der Waals surface area contributed by atoms with Gasteiger partial charge in [0.15, 0.2) is 5.82 Å². The Balaban J connectivity index is 1.21. The molecule has 1 saturated carbocycles. The third-order valence-electron chi connectivity index (χ3n) is 9.38. The second kappa shape index (κ2) is 13.1. The van der Waals surface area contributed by atoms with Crippen LogP contribution in [0.4, 0.5) is 28.9 Å². The summed E-state index contributed by atoms with van der Waals surface area (Å²) in [4.78, 5) is 49.1. The predicted molar refractivity (Wildman–Crippen MR) is 175 cm³/mol. The first-order valence-corrected chi connectivity index (χ1v) is 16.6. The predicted octanol–water partition coefficient (Wildman–Crippen LogP) is 3.56. The maximum atomic E-state index is 14.4. The zero-order valence-corrected chi connectivity index (χ0v) is 27.8. The minimum Gasteiger partial charge on any atom is -0.493 e. The largest absolute Gasteiger partial charge is 0.493 e. The van der Waals surface area contributed by atoms with E-state index in [1.165, 1.54) is 22.4 Å². The fourth-order valence-corrected chi connectivity index (χ4v) is 6.56. The number of aromatic hydroxyl groups is 1. The standard InChI is InChI=1S/C33H35F4N9O5/c1-3-25-27(42-8-10-43(11-9-42)29(48)21-16-38-45(30(21)49)20-4-5-20)31(50)46-32(40-28(41-46)19-6-12-51-13-7-19)44(25)17-26(47)39-24-15-23(34)22(14-18(24)2)33(35,36)37/h6,14-16,20,49H,3-5,7-13,17H2,1-2H3,(H,39,47). The van der Waals surface area contributed by atoms with Crippen LogP contribution in [-0.2, 0) is 28.7 Å². The number of carbonyl (C=O) groups is 2. The van der Waals surface area contributed by atoms with Gasteiger partial charge >= 0.3 is 6.18 Å². The van der Waals surface area contributed by atoms with Gasteiger partial charge in [0.25, 0.3) is 11.5 Å². The van der Waals surface area contributed by atoms with Gasteiger partial charge < -0.3 is 29.5 Å². The van der Waals surface area contributed by atoms with Crippen LogP contribution in [-0.4, -0.2) is 90.2 Å². The zero-order valence-electron chi connectivity index (χ0n) is 27.8. The SMILES string of the molecule is CCc1c(N2CCN(C(=O)c3cnn(C4CC4)c3O)CC2)c(=O)n2nc(C3=CCOCC3)nc2n1CC(=O)Nc1cc(F)c(C(F)(F)F)cc1C. The van der Waals surface area contributed by atoms with E-state index in [-0.39, 0.29) is 84.5 Å². The molecule has 270 valence electrons. The minimum absolute atomic E-state index is 0.00961. The molecule has 7 rings (SSSR count). The molecule has 1 aliphatic carbocycles. The Morgan fingerprint density at radius 3 is 2.53 bits per heavy atom. The molecule has 4 aromatic rings. The number of piperazine rings is 1. The highest BCUT2D eigenvalue weighted by Crippen LogP contribution is 2.38. The van der Waals surface area contributed by atoms with Crippen LogP contribution in [0.3, 0.4) is 0 Å². The van der Waals surface area contributed by atoms with E-state index in [9.17, 15) is 37.1 Å². The van der Waals surface area contributed by atoms with Crippen molar-refractivity contribution < 1.29 is 37.0 Å². The molecule has 3 aliphatic rings. The smallest absolute Gasteiger partial charge is 0.419 e. The van der Waals surface area contributed by atoms with Crippen molar-refractivity contribution >= 4 is 34.5 Å². The molecule has 3 aromatic heterocycles. The lowest BCUT2D eigenvalue weighted by atomic mass is 10.1. The van der Waals surface area contributed by atoms with Crippen LogP contribution in [0.15, 0.2) is 29.2 Å². The summed E-state index contributed by atoms with van der Waals surface area (Å²) in [7, 11) is 0. The van der Waals surface area contributed by atoms with Gasteiger partial charge in [0.05, 0.1) is 36.7 Å². The topological polar surface area (TPSA) is 152 Å². The highest BCUT2D eigenvalue weighted by Gasteiger charge is 2.36. The molecule has 18 heteroatoms. The molecule has 51 heavy (non-hydrogen) atoms. The summed E-state index contributed by atoms with van der Waals surface area (Å²) in [5.41, 5.74) is -0.474. The lowest BCUT2D eigenvalue weighted by Crippen LogP contribution is -2.50.